The first-order chi connectivity index (χ1) is 16.1. The van der Waals surface area contributed by atoms with Crippen LogP contribution in [0.2, 0.25) is 5.02 Å². The van der Waals surface area contributed by atoms with Crippen LogP contribution >= 0.6 is 23.4 Å². The van der Waals surface area contributed by atoms with Crippen LogP contribution in [0.1, 0.15) is 38.0 Å². The van der Waals surface area contributed by atoms with E-state index in [1.54, 1.807) is 36.0 Å². The molecule has 4 rings (SSSR count). The molecule has 1 unspecified atom stereocenters. The van der Waals surface area contributed by atoms with E-state index in [0.717, 1.165) is 10.5 Å². The Morgan fingerprint density at radius 1 is 0.636 bits per heavy atom. The minimum Gasteiger partial charge on any atom is -0.293 e. The number of carbonyl (C=O) groups is 2. The fourth-order valence-electron chi connectivity index (χ4n) is 3.75. The van der Waals surface area contributed by atoms with Crippen molar-refractivity contribution in [3.05, 3.63) is 137 Å². The smallest absolute Gasteiger partial charge is 0.173 e. The lowest BCUT2D eigenvalue weighted by Gasteiger charge is -2.23. The van der Waals surface area contributed by atoms with Gasteiger partial charge in [-0.05, 0) is 36.2 Å². The van der Waals surface area contributed by atoms with Crippen LogP contribution in [0.3, 0.4) is 0 Å². The van der Waals surface area contributed by atoms with Gasteiger partial charge in [0.15, 0.2) is 11.6 Å². The largest absolute Gasteiger partial charge is 0.293 e. The Balaban J connectivity index is 1.70. The second-order valence-corrected chi connectivity index (χ2v) is 9.43. The molecule has 1 atom stereocenters. The van der Waals surface area contributed by atoms with Crippen molar-refractivity contribution in [2.24, 2.45) is 5.92 Å². The number of thioether (sulfide) groups is 1. The van der Waals surface area contributed by atoms with Crippen LogP contribution in [0.5, 0.6) is 0 Å². The number of hydrogen-bond donors (Lipinski definition) is 0. The highest BCUT2D eigenvalue weighted by Crippen LogP contribution is 2.41. The van der Waals surface area contributed by atoms with Crippen LogP contribution < -0.4 is 0 Å². The Bertz CT molecular complexity index is 1140. The Morgan fingerprint density at radius 2 is 1.09 bits per heavy atom. The van der Waals surface area contributed by atoms with E-state index in [4.69, 9.17) is 11.6 Å². The zero-order chi connectivity index (χ0) is 23.0. The number of carbonyl (C=O) groups excluding carboxylic acids is 2. The average molecular weight is 471 g/mol. The van der Waals surface area contributed by atoms with Gasteiger partial charge >= 0.3 is 0 Å². The molecule has 4 aromatic rings. The summed E-state index contributed by atoms with van der Waals surface area (Å²) in [5.41, 5.74) is 2.18. The molecule has 0 aliphatic carbocycles. The number of Topliss-reactive ketones (excluding diaryl/α,β-unsaturated/α-hetero) is 2. The molecule has 164 valence electrons. The van der Waals surface area contributed by atoms with Crippen LogP contribution in [0.4, 0.5) is 0 Å². The molecule has 0 radical (unpaired) electrons. The van der Waals surface area contributed by atoms with Crippen molar-refractivity contribution in [1.82, 2.24) is 0 Å². The molecule has 0 fully saturated rings. The summed E-state index contributed by atoms with van der Waals surface area (Å²) < 4.78 is 0. The Hall–Kier alpha value is -3.14. The third-order valence-corrected chi connectivity index (χ3v) is 7.01. The maximum atomic E-state index is 13.6. The minimum atomic E-state index is -0.792. The summed E-state index contributed by atoms with van der Waals surface area (Å²) >= 11 is 7.71. The van der Waals surface area contributed by atoms with Crippen molar-refractivity contribution in [2.75, 3.05) is 0 Å². The molecule has 0 aromatic heterocycles. The van der Waals surface area contributed by atoms with Crippen LogP contribution in [0.25, 0.3) is 0 Å². The topological polar surface area (TPSA) is 34.1 Å². The third-order valence-electron chi connectivity index (χ3n) is 5.46. The first-order valence-corrected chi connectivity index (χ1v) is 12.0. The summed E-state index contributed by atoms with van der Waals surface area (Å²) in [5.74, 6) is -1.09. The summed E-state index contributed by atoms with van der Waals surface area (Å²) in [6.07, 6.45) is 0.388. The van der Waals surface area contributed by atoms with Gasteiger partial charge in [0, 0.05) is 26.3 Å². The maximum Gasteiger partial charge on any atom is 0.173 e. The van der Waals surface area contributed by atoms with Gasteiger partial charge in [0.2, 0.25) is 0 Å². The number of benzene rings is 4. The summed E-state index contributed by atoms with van der Waals surface area (Å²) in [5, 5.41) is 0.588. The zero-order valence-corrected chi connectivity index (χ0v) is 19.5. The highest BCUT2D eigenvalue weighted by atomic mass is 35.5. The molecule has 0 saturated carbocycles. The molecule has 0 amide bonds. The third kappa shape index (κ3) is 6.01. The van der Waals surface area contributed by atoms with Gasteiger partial charge in [0.1, 0.15) is 0 Å². The molecule has 33 heavy (non-hydrogen) atoms. The molecule has 0 bridgehead atoms. The lowest BCUT2D eigenvalue weighted by Crippen LogP contribution is -2.26. The maximum absolute atomic E-state index is 13.6. The molecule has 2 nitrogen and oxygen atoms in total. The SMILES string of the molecule is O=C(c1ccccc1)C(CC(Sc1ccc(Cl)cc1)c1ccccc1)C(=O)c1ccccc1. The monoisotopic (exact) mass is 470 g/mol. The van der Waals surface area contributed by atoms with Crippen molar-refractivity contribution in [2.45, 2.75) is 16.6 Å². The van der Waals surface area contributed by atoms with E-state index in [-0.39, 0.29) is 16.8 Å². The van der Waals surface area contributed by atoms with Crippen LogP contribution in [-0.2, 0) is 0 Å². The second kappa shape index (κ2) is 11.1. The van der Waals surface area contributed by atoms with Crippen LogP contribution in [0.15, 0.2) is 120 Å². The Labute approximate surface area is 203 Å². The molecular formula is C29H23ClO2S. The lowest BCUT2D eigenvalue weighted by molar-refractivity contribution is 0.0799. The Kier molecular flexibility index (Phi) is 7.77. The first kappa shape index (κ1) is 23.0. The van der Waals surface area contributed by atoms with Gasteiger partial charge in [-0.2, -0.15) is 0 Å². The molecule has 0 saturated heterocycles. The fourth-order valence-corrected chi connectivity index (χ4v) is 5.08. The van der Waals surface area contributed by atoms with Crippen molar-refractivity contribution in [3.8, 4) is 0 Å². The van der Waals surface area contributed by atoms with Crippen molar-refractivity contribution in [3.63, 3.8) is 0 Å². The summed E-state index contributed by atoms with van der Waals surface area (Å²) in [6, 6.07) is 35.8. The minimum absolute atomic E-state index is 0.0855. The molecule has 0 aliphatic heterocycles. The van der Waals surface area contributed by atoms with E-state index < -0.39 is 5.92 Å². The van der Waals surface area contributed by atoms with Crippen LogP contribution in [0, 0.1) is 5.92 Å². The summed E-state index contributed by atoms with van der Waals surface area (Å²) in [6.45, 7) is 0. The Morgan fingerprint density at radius 3 is 1.58 bits per heavy atom. The number of halogens is 1. The van der Waals surface area contributed by atoms with E-state index in [2.05, 4.69) is 0 Å². The van der Waals surface area contributed by atoms with Gasteiger partial charge in [-0.3, -0.25) is 9.59 Å². The van der Waals surface area contributed by atoms with E-state index >= 15 is 0 Å². The number of rotatable bonds is 9. The van der Waals surface area contributed by atoms with Gasteiger partial charge < -0.3 is 0 Å². The van der Waals surface area contributed by atoms with Crippen LogP contribution in [-0.4, -0.2) is 11.6 Å². The molecule has 4 heteroatoms. The van der Waals surface area contributed by atoms with Gasteiger partial charge in [0.05, 0.1) is 5.92 Å². The van der Waals surface area contributed by atoms with Crippen molar-refractivity contribution >= 4 is 34.9 Å². The van der Waals surface area contributed by atoms with Crippen molar-refractivity contribution < 1.29 is 9.59 Å². The quantitative estimate of drug-likeness (QED) is 0.141. The number of ketones is 2. The molecule has 4 aromatic carbocycles. The van der Waals surface area contributed by atoms with E-state index in [0.29, 0.717) is 22.6 Å². The second-order valence-electron chi connectivity index (χ2n) is 7.72. The predicted molar refractivity (Wildman–Crippen MR) is 136 cm³/mol. The molecule has 0 aliphatic rings. The van der Waals surface area contributed by atoms with E-state index in [9.17, 15) is 9.59 Å². The summed E-state index contributed by atoms with van der Waals surface area (Å²) in [4.78, 5) is 28.2. The molecular weight excluding hydrogens is 448 g/mol. The normalized spacial score (nSPS) is 11.8. The van der Waals surface area contributed by atoms with Gasteiger partial charge in [-0.15, -0.1) is 11.8 Å². The molecule has 0 spiro atoms. The molecule has 0 N–H and O–H groups in total. The highest BCUT2D eigenvalue weighted by molar-refractivity contribution is 7.99. The van der Waals surface area contributed by atoms with E-state index in [1.807, 2.05) is 91.0 Å². The van der Waals surface area contributed by atoms with Crippen molar-refractivity contribution in [1.29, 1.82) is 0 Å². The highest BCUT2D eigenvalue weighted by Gasteiger charge is 2.32. The zero-order valence-electron chi connectivity index (χ0n) is 17.9. The first-order valence-electron chi connectivity index (χ1n) is 10.8. The number of hydrogen-bond acceptors (Lipinski definition) is 3. The lowest BCUT2D eigenvalue weighted by atomic mass is 9.85. The van der Waals surface area contributed by atoms with E-state index in [1.165, 1.54) is 0 Å². The fraction of sp³-hybridized carbons (Fsp3) is 0.103. The molecule has 0 heterocycles. The standard InChI is InChI=1S/C29H23ClO2S/c30-24-16-18-25(19-17-24)33-27(21-10-4-1-5-11-21)20-26(28(31)22-12-6-2-7-13-22)29(32)23-14-8-3-9-15-23/h1-19,26-27H,20H2. The van der Waals surface area contributed by atoms with Gasteiger partial charge in [0.25, 0.3) is 0 Å². The average Bonchev–Trinajstić information content (AvgIpc) is 2.88. The predicted octanol–water partition coefficient (Wildman–Crippen LogP) is 7.95. The van der Waals surface area contributed by atoms with Gasteiger partial charge in [-0.25, -0.2) is 0 Å². The summed E-state index contributed by atoms with van der Waals surface area (Å²) in [7, 11) is 0. The van der Waals surface area contributed by atoms with Gasteiger partial charge in [-0.1, -0.05) is 103 Å².